The Morgan fingerprint density at radius 3 is 2.94 bits per heavy atom. The molecule has 1 aromatic heterocycles. The summed E-state index contributed by atoms with van der Waals surface area (Å²) in [6.07, 6.45) is 4.41. The summed E-state index contributed by atoms with van der Waals surface area (Å²) in [5.41, 5.74) is 0.736. The Kier molecular flexibility index (Phi) is 3.51. The highest BCUT2D eigenvalue weighted by atomic mass is 19.1. The number of aromatic nitrogens is 2. The molecule has 16 heavy (non-hydrogen) atoms. The van der Waals surface area contributed by atoms with Gasteiger partial charge in [-0.15, -0.1) is 0 Å². The van der Waals surface area contributed by atoms with Gasteiger partial charge in [-0.05, 0) is 44.5 Å². The van der Waals surface area contributed by atoms with Crippen molar-refractivity contribution in [1.29, 1.82) is 0 Å². The maximum atomic E-state index is 12.5. The topological polar surface area (TPSA) is 40.7 Å². The van der Waals surface area contributed by atoms with Gasteiger partial charge in [-0.25, -0.2) is 4.39 Å². The monoisotopic (exact) mass is 221 g/mol. The van der Waals surface area contributed by atoms with Gasteiger partial charge in [0.2, 0.25) is 0 Å². The van der Waals surface area contributed by atoms with Crippen LogP contribution in [0.2, 0.25) is 0 Å². The molecule has 4 heteroatoms. The van der Waals surface area contributed by atoms with Gasteiger partial charge in [0.1, 0.15) is 5.82 Å². The zero-order chi connectivity index (χ0) is 11.4. The summed E-state index contributed by atoms with van der Waals surface area (Å²) >= 11 is 0. The zero-order valence-corrected chi connectivity index (χ0v) is 9.33. The number of H-pyrrole nitrogens is 1. The predicted octanol–water partition coefficient (Wildman–Crippen LogP) is 2.46. The number of aromatic amines is 1. The smallest absolute Gasteiger partial charge is 0.125 e. The molecule has 1 atom stereocenters. The average molecular weight is 221 g/mol. The van der Waals surface area contributed by atoms with E-state index < -0.39 is 0 Å². The molecule has 0 radical (unpaired) electrons. The second kappa shape index (κ2) is 5.07. The first-order valence-electron chi connectivity index (χ1n) is 5.58. The Morgan fingerprint density at radius 2 is 2.31 bits per heavy atom. The van der Waals surface area contributed by atoms with Crippen molar-refractivity contribution in [3.63, 3.8) is 0 Å². The summed E-state index contributed by atoms with van der Waals surface area (Å²) in [6, 6.07) is 5.32. The minimum absolute atomic E-state index is 0.239. The number of hydrogen-bond donors (Lipinski definition) is 2. The second-order valence-electron chi connectivity index (χ2n) is 4.10. The summed E-state index contributed by atoms with van der Waals surface area (Å²) in [5, 5.41) is 10.7. The van der Waals surface area contributed by atoms with Crippen LogP contribution < -0.4 is 5.32 Å². The predicted molar refractivity (Wildman–Crippen MR) is 62.8 cm³/mol. The van der Waals surface area contributed by atoms with Gasteiger partial charge >= 0.3 is 0 Å². The van der Waals surface area contributed by atoms with Gasteiger partial charge in [0.05, 0.1) is 11.7 Å². The first-order valence-corrected chi connectivity index (χ1v) is 5.58. The Hall–Kier alpha value is -1.42. The van der Waals surface area contributed by atoms with Crippen molar-refractivity contribution in [2.24, 2.45) is 0 Å². The molecule has 1 saturated heterocycles. The molecule has 0 spiro atoms. The van der Waals surface area contributed by atoms with E-state index in [2.05, 4.69) is 22.4 Å². The van der Waals surface area contributed by atoms with E-state index in [1.165, 1.54) is 31.5 Å². The first kappa shape index (κ1) is 11.1. The highest BCUT2D eigenvalue weighted by molar-refractivity contribution is 5.77. The number of nitrogens with one attached hydrogen (secondary N) is 2. The highest BCUT2D eigenvalue weighted by Gasteiger charge is 2.05. The summed E-state index contributed by atoms with van der Waals surface area (Å²) in [5.74, 6) is -0.239. The van der Waals surface area contributed by atoms with Crippen molar-refractivity contribution in [3.8, 4) is 0 Å². The van der Waals surface area contributed by atoms with Crippen LogP contribution in [0.3, 0.4) is 0 Å². The van der Waals surface area contributed by atoms with E-state index in [4.69, 9.17) is 0 Å². The largest absolute Gasteiger partial charge is 0.314 e. The van der Waals surface area contributed by atoms with Crippen LogP contribution in [0.25, 0.3) is 10.9 Å². The summed E-state index contributed by atoms with van der Waals surface area (Å²) < 4.78 is 12.5. The first-order chi connectivity index (χ1) is 7.75. The number of benzene rings is 1. The van der Waals surface area contributed by atoms with Crippen LogP contribution in [0.1, 0.15) is 19.8 Å². The average Bonchev–Trinajstić information content (AvgIpc) is 2.88. The van der Waals surface area contributed by atoms with E-state index in [1.54, 1.807) is 12.3 Å². The third kappa shape index (κ3) is 2.79. The van der Waals surface area contributed by atoms with Crippen molar-refractivity contribution in [2.75, 3.05) is 6.54 Å². The molecule has 2 aromatic rings. The van der Waals surface area contributed by atoms with E-state index in [-0.39, 0.29) is 5.82 Å². The van der Waals surface area contributed by atoms with Crippen LogP contribution in [0.5, 0.6) is 0 Å². The fourth-order valence-electron chi connectivity index (χ4n) is 1.77. The summed E-state index contributed by atoms with van der Waals surface area (Å²) in [4.78, 5) is 0. The van der Waals surface area contributed by atoms with Crippen LogP contribution in [0, 0.1) is 5.82 Å². The van der Waals surface area contributed by atoms with Gasteiger partial charge in [0.15, 0.2) is 0 Å². The standard InChI is InChI=1S/C7H5FN2.C5H11N/c8-6-2-1-5-4-9-10-7(5)3-6;1-5-3-2-4-6-5/h1-4H,(H,9,10);5-6H,2-4H2,1H3/t;5-/m.1/s1. The fourth-order valence-corrected chi connectivity index (χ4v) is 1.77. The molecule has 0 saturated carbocycles. The molecular weight excluding hydrogens is 205 g/mol. The van der Waals surface area contributed by atoms with Gasteiger partial charge in [-0.2, -0.15) is 5.10 Å². The number of fused-ring (bicyclic) bond motifs is 1. The van der Waals surface area contributed by atoms with Gasteiger partial charge in [0.25, 0.3) is 0 Å². The van der Waals surface area contributed by atoms with Gasteiger partial charge in [-0.3, -0.25) is 5.10 Å². The molecule has 0 amide bonds. The molecule has 1 aliphatic rings. The van der Waals surface area contributed by atoms with Crippen molar-refractivity contribution in [3.05, 3.63) is 30.2 Å². The van der Waals surface area contributed by atoms with Crippen LogP contribution >= 0.6 is 0 Å². The van der Waals surface area contributed by atoms with E-state index in [9.17, 15) is 4.39 Å². The molecule has 1 aliphatic heterocycles. The van der Waals surface area contributed by atoms with Crippen LogP contribution in [0.4, 0.5) is 4.39 Å². The molecule has 3 rings (SSSR count). The Morgan fingerprint density at radius 1 is 1.44 bits per heavy atom. The number of rotatable bonds is 0. The zero-order valence-electron chi connectivity index (χ0n) is 9.33. The van der Waals surface area contributed by atoms with E-state index in [0.717, 1.165) is 16.9 Å². The number of halogens is 1. The lowest BCUT2D eigenvalue weighted by Gasteiger charge is -1.95. The molecule has 0 aliphatic carbocycles. The molecule has 1 aromatic carbocycles. The Balaban J connectivity index is 0.000000138. The lowest BCUT2D eigenvalue weighted by atomic mass is 10.2. The van der Waals surface area contributed by atoms with Crippen LogP contribution in [-0.4, -0.2) is 22.8 Å². The fraction of sp³-hybridized carbons (Fsp3) is 0.417. The maximum absolute atomic E-state index is 12.5. The molecule has 0 unspecified atom stereocenters. The quantitative estimate of drug-likeness (QED) is 0.717. The third-order valence-electron chi connectivity index (χ3n) is 2.71. The van der Waals surface area contributed by atoms with Gasteiger partial charge < -0.3 is 5.32 Å². The lowest BCUT2D eigenvalue weighted by molar-refractivity contribution is 0.629. The van der Waals surface area contributed by atoms with Crippen LogP contribution in [-0.2, 0) is 0 Å². The molecule has 86 valence electrons. The number of nitrogens with zero attached hydrogens (tertiary/aromatic N) is 1. The second-order valence-corrected chi connectivity index (χ2v) is 4.10. The van der Waals surface area contributed by atoms with Crippen LogP contribution in [0.15, 0.2) is 24.4 Å². The third-order valence-corrected chi connectivity index (χ3v) is 2.71. The molecule has 2 heterocycles. The Bertz CT molecular complexity index is 446. The molecule has 2 N–H and O–H groups in total. The summed E-state index contributed by atoms with van der Waals surface area (Å²) in [7, 11) is 0. The molecule has 3 nitrogen and oxygen atoms in total. The lowest BCUT2D eigenvalue weighted by Crippen LogP contribution is -2.16. The normalized spacial score (nSPS) is 19.5. The van der Waals surface area contributed by atoms with Gasteiger partial charge in [0, 0.05) is 11.4 Å². The summed E-state index contributed by atoms with van der Waals surface area (Å²) in [6.45, 7) is 3.47. The minimum Gasteiger partial charge on any atom is -0.314 e. The van der Waals surface area contributed by atoms with Crippen molar-refractivity contribution in [1.82, 2.24) is 15.5 Å². The van der Waals surface area contributed by atoms with Crippen molar-refractivity contribution in [2.45, 2.75) is 25.8 Å². The Labute approximate surface area is 94.1 Å². The van der Waals surface area contributed by atoms with E-state index in [1.807, 2.05) is 0 Å². The highest BCUT2D eigenvalue weighted by Crippen LogP contribution is 2.10. The minimum atomic E-state index is -0.239. The van der Waals surface area contributed by atoms with Crippen molar-refractivity contribution < 1.29 is 4.39 Å². The number of hydrogen-bond acceptors (Lipinski definition) is 2. The molecular formula is C12H16FN3. The SMILES string of the molecule is C[C@@H]1CCCN1.Fc1ccc2cn[nH]c2c1. The maximum Gasteiger partial charge on any atom is 0.125 e. The molecule has 0 bridgehead atoms. The van der Waals surface area contributed by atoms with Gasteiger partial charge in [-0.1, -0.05) is 0 Å². The van der Waals surface area contributed by atoms with E-state index in [0.29, 0.717) is 0 Å². The van der Waals surface area contributed by atoms with Crippen molar-refractivity contribution >= 4 is 10.9 Å². The molecule has 1 fully saturated rings. The van der Waals surface area contributed by atoms with E-state index >= 15 is 0 Å².